The first kappa shape index (κ1) is 29.4. The molecule has 10 heteroatoms. The fourth-order valence-electron chi connectivity index (χ4n) is 4.69. The number of ether oxygens (including phenoxy) is 2. The van der Waals surface area contributed by atoms with Crippen molar-refractivity contribution in [3.8, 4) is 11.5 Å². The summed E-state index contributed by atoms with van der Waals surface area (Å²) in [5, 5.41) is 1.93. The molecule has 0 bridgehead atoms. The minimum absolute atomic E-state index is 0.0565. The number of nitrogens with one attached hydrogen (secondary N) is 1. The zero-order valence-electron chi connectivity index (χ0n) is 22.9. The molecule has 0 aliphatic carbocycles. The number of rotatable bonds is 9. The normalized spacial score (nSPS) is 17.2. The zero-order valence-corrected chi connectivity index (χ0v) is 22.9. The largest absolute Gasteiger partial charge is 0.497 e. The van der Waals surface area contributed by atoms with E-state index in [0.29, 0.717) is 17.1 Å². The molecule has 1 N–H and O–H groups in total. The van der Waals surface area contributed by atoms with E-state index >= 15 is 13.2 Å². The van der Waals surface area contributed by atoms with E-state index in [1.807, 2.05) is 5.32 Å². The molecule has 0 fully saturated rings. The molecule has 1 aliphatic rings. The molecule has 0 spiro atoms. The van der Waals surface area contributed by atoms with Crippen LogP contribution >= 0.6 is 0 Å². The summed E-state index contributed by atoms with van der Waals surface area (Å²) in [7, 11) is 1.47. The van der Waals surface area contributed by atoms with Gasteiger partial charge in [0, 0.05) is 16.8 Å². The Morgan fingerprint density at radius 3 is 2.02 bits per heavy atom. The number of methoxy groups -OCH3 is 1. The van der Waals surface area contributed by atoms with E-state index in [-0.39, 0.29) is 29.5 Å². The van der Waals surface area contributed by atoms with E-state index in [2.05, 4.69) is 0 Å². The van der Waals surface area contributed by atoms with Crippen molar-refractivity contribution in [3.63, 3.8) is 0 Å². The summed E-state index contributed by atoms with van der Waals surface area (Å²) >= 11 is 0. The average molecular weight is 567 g/mol. The third kappa shape index (κ3) is 5.68. The number of carbonyl (C=O) groups is 3. The van der Waals surface area contributed by atoms with Crippen LogP contribution in [0.1, 0.15) is 47.1 Å². The average Bonchev–Trinajstić information content (AvgIpc) is 3.15. The molecule has 7 nitrogen and oxygen atoms in total. The summed E-state index contributed by atoms with van der Waals surface area (Å²) in [6, 6.07) is 19.2. The van der Waals surface area contributed by atoms with Crippen molar-refractivity contribution in [2.75, 3.05) is 7.11 Å². The molecule has 1 atom stereocenters. The molecule has 0 saturated carbocycles. The molecule has 3 aromatic carbocycles. The summed E-state index contributed by atoms with van der Waals surface area (Å²) < 4.78 is 56.2. The number of Topliss-reactive ketones (excluding diaryl/α,β-unsaturated/α-hetero) is 1. The third-order valence-corrected chi connectivity index (χ3v) is 6.68. The highest BCUT2D eigenvalue weighted by molar-refractivity contribution is 6.19. The molecule has 41 heavy (non-hydrogen) atoms. The number of hydrogen-bond acceptors (Lipinski definition) is 5. The summed E-state index contributed by atoms with van der Waals surface area (Å²) in [4.78, 5) is 41.7. The molecule has 4 rings (SSSR count). The van der Waals surface area contributed by atoms with Gasteiger partial charge in [-0.15, -0.1) is 0 Å². The Hall–Kier alpha value is -4.60. The minimum atomic E-state index is -5.36. The first-order chi connectivity index (χ1) is 19.4. The van der Waals surface area contributed by atoms with Gasteiger partial charge in [0.15, 0.2) is 5.78 Å². The number of allylic oxidation sites excluding steroid dienone is 1. The number of halogens is 3. The van der Waals surface area contributed by atoms with Crippen LogP contribution in [0.5, 0.6) is 11.5 Å². The van der Waals surface area contributed by atoms with Crippen molar-refractivity contribution in [3.05, 3.63) is 107 Å². The number of nitrogens with zero attached hydrogens (tertiary/aromatic N) is 1. The van der Waals surface area contributed by atoms with Gasteiger partial charge in [-0.3, -0.25) is 14.4 Å². The van der Waals surface area contributed by atoms with Gasteiger partial charge in [-0.05, 0) is 62.7 Å². The Morgan fingerprint density at radius 2 is 1.49 bits per heavy atom. The molecule has 0 saturated heterocycles. The second kappa shape index (κ2) is 11.5. The van der Waals surface area contributed by atoms with Gasteiger partial charge in [0.05, 0.1) is 25.3 Å². The fourth-order valence-corrected chi connectivity index (χ4v) is 4.69. The molecule has 214 valence electrons. The van der Waals surface area contributed by atoms with Gasteiger partial charge in [0.1, 0.15) is 11.5 Å². The summed E-state index contributed by atoms with van der Waals surface area (Å²) in [6.07, 6.45) is -5.52. The summed E-state index contributed by atoms with van der Waals surface area (Å²) in [5.41, 5.74) is -4.40. The van der Waals surface area contributed by atoms with E-state index in [1.54, 1.807) is 44.2 Å². The Morgan fingerprint density at radius 1 is 0.902 bits per heavy atom. The highest BCUT2D eigenvalue weighted by Gasteiger charge is 2.70. The minimum Gasteiger partial charge on any atom is -0.497 e. The van der Waals surface area contributed by atoms with Gasteiger partial charge in [-0.1, -0.05) is 42.5 Å². The predicted octanol–water partition coefficient (Wildman–Crippen LogP) is 5.71. The van der Waals surface area contributed by atoms with Crippen molar-refractivity contribution in [2.24, 2.45) is 0 Å². The van der Waals surface area contributed by atoms with Crippen LogP contribution in [0, 0.1) is 0 Å². The Bertz CT molecular complexity index is 1470. The van der Waals surface area contributed by atoms with Crippen LogP contribution in [-0.4, -0.2) is 47.4 Å². The van der Waals surface area contributed by atoms with E-state index in [9.17, 15) is 14.4 Å². The van der Waals surface area contributed by atoms with Crippen LogP contribution in [0.4, 0.5) is 13.2 Å². The zero-order chi connectivity index (χ0) is 29.9. The van der Waals surface area contributed by atoms with Crippen LogP contribution < -0.4 is 14.8 Å². The number of benzene rings is 3. The van der Waals surface area contributed by atoms with Crippen molar-refractivity contribution in [1.29, 1.82) is 0 Å². The number of amides is 2. The lowest BCUT2D eigenvalue weighted by Gasteiger charge is -2.33. The Labute approximate surface area is 235 Å². The van der Waals surface area contributed by atoms with E-state index < -0.39 is 34.9 Å². The first-order valence-corrected chi connectivity index (χ1v) is 12.8. The summed E-state index contributed by atoms with van der Waals surface area (Å²) in [6.45, 7) is 4.61. The molecule has 3 aromatic rings. The molecular formula is C31H29F3N2O5. The smallest absolute Gasteiger partial charge is 0.425 e. The van der Waals surface area contributed by atoms with Crippen LogP contribution in [-0.2, 0) is 11.3 Å². The number of ketones is 1. The van der Waals surface area contributed by atoms with E-state index in [1.165, 1.54) is 62.6 Å². The third-order valence-electron chi connectivity index (χ3n) is 6.68. The van der Waals surface area contributed by atoms with Crippen molar-refractivity contribution in [2.45, 2.75) is 45.1 Å². The predicted molar refractivity (Wildman–Crippen MR) is 145 cm³/mol. The van der Waals surface area contributed by atoms with Crippen LogP contribution in [0.2, 0.25) is 0 Å². The lowest BCUT2D eigenvalue weighted by molar-refractivity contribution is -0.189. The first-order valence-electron chi connectivity index (χ1n) is 12.8. The van der Waals surface area contributed by atoms with Crippen molar-refractivity contribution < 1.29 is 37.0 Å². The fraction of sp³-hybridized carbons (Fsp3) is 0.258. The molecule has 0 radical (unpaired) electrons. The second-order valence-corrected chi connectivity index (χ2v) is 9.79. The lowest BCUT2D eigenvalue weighted by atomic mass is 9.84. The standard InChI is InChI=1S/C31H29F3N2O5/c1-19(2)41-25-16-12-23(13-17-25)28(38)35-30(31(32,33)34)26(27(37)22-8-6-5-7-9-22)20(3)36(29(30)39)18-21-10-14-24(40-4)15-11-21/h5-17,19H,18H2,1-4H3,(H,35,38). The van der Waals surface area contributed by atoms with Gasteiger partial charge >= 0.3 is 6.18 Å². The molecule has 1 heterocycles. The maximum absolute atomic E-state index is 15.2. The Kier molecular flexibility index (Phi) is 8.23. The SMILES string of the molecule is COc1ccc(CN2C(=O)C(NC(=O)c3ccc(OC(C)C)cc3)(C(F)(F)F)C(C(=O)c3ccccc3)=C2C)cc1. The van der Waals surface area contributed by atoms with Crippen molar-refractivity contribution >= 4 is 17.6 Å². The number of carbonyl (C=O) groups excluding carboxylic acids is 3. The van der Waals surface area contributed by atoms with E-state index in [0.717, 1.165) is 4.90 Å². The van der Waals surface area contributed by atoms with Gasteiger partial charge in [0.2, 0.25) is 5.54 Å². The Balaban J connectivity index is 1.81. The molecule has 0 aromatic heterocycles. The van der Waals surface area contributed by atoms with E-state index in [4.69, 9.17) is 9.47 Å². The number of hydrogen-bond donors (Lipinski definition) is 1. The highest BCUT2D eigenvalue weighted by Crippen LogP contribution is 2.46. The van der Waals surface area contributed by atoms with Crippen LogP contribution in [0.15, 0.2) is 90.1 Å². The molecular weight excluding hydrogens is 537 g/mol. The topological polar surface area (TPSA) is 84.9 Å². The number of alkyl halides is 3. The molecule has 1 aliphatic heterocycles. The second-order valence-electron chi connectivity index (χ2n) is 9.79. The van der Waals surface area contributed by atoms with Gasteiger partial charge in [-0.2, -0.15) is 13.2 Å². The van der Waals surface area contributed by atoms with Gasteiger partial charge in [-0.25, -0.2) is 0 Å². The van der Waals surface area contributed by atoms with Crippen LogP contribution in [0.25, 0.3) is 0 Å². The molecule has 1 unspecified atom stereocenters. The monoisotopic (exact) mass is 566 g/mol. The van der Waals surface area contributed by atoms with Crippen molar-refractivity contribution in [1.82, 2.24) is 10.2 Å². The molecule has 2 amide bonds. The maximum atomic E-state index is 15.2. The van der Waals surface area contributed by atoms with Gasteiger partial charge in [0.25, 0.3) is 11.8 Å². The maximum Gasteiger partial charge on any atom is 0.425 e. The lowest BCUT2D eigenvalue weighted by Crippen LogP contribution is -2.66. The highest BCUT2D eigenvalue weighted by atomic mass is 19.4. The quantitative estimate of drug-likeness (QED) is 0.336. The summed E-state index contributed by atoms with van der Waals surface area (Å²) in [5.74, 6) is -2.74. The van der Waals surface area contributed by atoms with Crippen LogP contribution in [0.3, 0.4) is 0 Å². The van der Waals surface area contributed by atoms with Gasteiger partial charge < -0.3 is 19.7 Å².